The minimum atomic E-state index is -0.114. The molecule has 1 unspecified atom stereocenters. The number of hydrogen-bond donors (Lipinski definition) is 1. The highest BCUT2D eigenvalue weighted by atomic mass is 32.2. The van der Waals surface area contributed by atoms with Gasteiger partial charge in [-0.15, -0.1) is 11.8 Å². The number of nitrogens with zero attached hydrogens (tertiary/aromatic N) is 2. The predicted molar refractivity (Wildman–Crippen MR) is 67.7 cm³/mol. The summed E-state index contributed by atoms with van der Waals surface area (Å²) >= 11 is 1.72. The summed E-state index contributed by atoms with van der Waals surface area (Å²) in [5.74, 6) is 1.73. The summed E-state index contributed by atoms with van der Waals surface area (Å²) in [6.45, 7) is 1.90. The fraction of sp³-hybridized carbons (Fsp3) is 0.818. The van der Waals surface area contributed by atoms with Crippen molar-refractivity contribution in [3.8, 4) is 0 Å². The second-order valence-corrected chi connectivity index (χ2v) is 5.58. The zero-order valence-corrected chi connectivity index (χ0v) is 11.0. The van der Waals surface area contributed by atoms with E-state index in [1.54, 1.807) is 23.7 Å². The summed E-state index contributed by atoms with van der Waals surface area (Å²) in [7, 11) is 1.71. The van der Waals surface area contributed by atoms with Crippen LogP contribution in [0.1, 0.15) is 12.8 Å². The summed E-state index contributed by atoms with van der Waals surface area (Å²) in [5, 5.41) is 3.13. The lowest BCUT2D eigenvalue weighted by Crippen LogP contribution is -2.47. The van der Waals surface area contributed by atoms with Crippen molar-refractivity contribution < 1.29 is 9.59 Å². The van der Waals surface area contributed by atoms with E-state index >= 15 is 0 Å². The Labute approximate surface area is 106 Å². The molecule has 6 heteroatoms. The van der Waals surface area contributed by atoms with E-state index in [-0.39, 0.29) is 24.4 Å². The third kappa shape index (κ3) is 3.13. The van der Waals surface area contributed by atoms with Crippen molar-refractivity contribution in [1.82, 2.24) is 15.1 Å². The van der Waals surface area contributed by atoms with Crippen molar-refractivity contribution in [3.63, 3.8) is 0 Å². The number of nitrogens with one attached hydrogen (secondary N) is 1. The highest BCUT2D eigenvalue weighted by Crippen LogP contribution is 2.12. The lowest BCUT2D eigenvalue weighted by atomic mass is 10.3. The lowest BCUT2D eigenvalue weighted by Gasteiger charge is -2.23. The molecule has 2 fully saturated rings. The van der Waals surface area contributed by atoms with Crippen LogP contribution in [0, 0.1) is 0 Å². The Bertz CT molecular complexity index is 299. The number of likely N-dealkylation sites (tertiary alicyclic amines) is 1. The molecule has 2 saturated heterocycles. The molecule has 17 heavy (non-hydrogen) atoms. The number of amides is 2. The van der Waals surface area contributed by atoms with Gasteiger partial charge in [0, 0.05) is 31.8 Å². The molecule has 2 aliphatic rings. The van der Waals surface area contributed by atoms with Crippen molar-refractivity contribution in [2.45, 2.75) is 18.9 Å². The maximum Gasteiger partial charge on any atom is 0.242 e. The number of thioether (sulfide) groups is 1. The average Bonchev–Trinajstić information content (AvgIpc) is 3.00. The van der Waals surface area contributed by atoms with Gasteiger partial charge >= 0.3 is 0 Å². The monoisotopic (exact) mass is 257 g/mol. The van der Waals surface area contributed by atoms with Crippen LogP contribution in [0.5, 0.6) is 0 Å². The molecular formula is C11H19N3O2S. The fourth-order valence-electron chi connectivity index (χ4n) is 2.17. The molecular weight excluding hydrogens is 238 g/mol. The predicted octanol–water partition coefficient (Wildman–Crippen LogP) is -0.270. The van der Waals surface area contributed by atoms with Gasteiger partial charge < -0.3 is 9.80 Å². The standard InChI is InChI=1S/C11H19N3O2S/c1-13(11(16)9-7-17-8-12-9)6-10(15)14-4-2-3-5-14/h9,12H,2-8H2,1H3. The molecule has 1 N–H and O–H groups in total. The molecule has 96 valence electrons. The van der Waals surface area contributed by atoms with Crippen LogP contribution in [0.2, 0.25) is 0 Å². The van der Waals surface area contributed by atoms with E-state index in [1.165, 1.54) is 0 Å². The third-order valence-electron chi connectivity index (χ3n) is 3.22. The molecule has 0 aromatic heterocycles. The van der Waals surface area contributed by atoms with E-state index < -0.39 is 0 Å². The summed E-state index contributed by atoms with van der Waals surface area (Å²) in [5.41, 5.74) is 0. The molecule has 2 aliphatic heterocycles. The van der Waals surface area contributed by atoms with Gasteiger partial charge in [0.15, 0.2) is 0 Å². The smallest absolute Gasteiger partial charge is 0.242 e. The maximum atomic E-state index is 12.0. The second kappa shape index (κ2) is 5.73. The average molecular weight is 257 g/mol. The van der Waals surface area contributed by atoms with E-state index in [0.717, 1.165) is 37.6 Å². The van der Waals surface area contributed by atoms with Crippen molar-refractivity contribution in [2.75, 3.05) is 38.3 Å². The van der Waals surface area contributed by atoms with Gasteiger partial charge in [0.05, 0.1) is 12.6 Å². The van der Waals surface area contributed by atoms with Crippen LogP contribution in [-0.4, -0.2) is 66.0 Å². The number of likely N-dealkylation sites (N-methyl/N-ethyl adjacent to an activating group) is 1. The number of hydrogen-bond acceptors (Lipinski definition) is 4. The molecule has 0 aromatic carbocycles. The van der Waals surface area contributed by atoms with Gasteiger partial charge in [-0.1, -0.05) is 0 Å². The highest BCUT2D eigenvalue weighted by molar-refractivity contribution is 7.99. The molecule has 2 rings (SSSR count). The van der Waals surface area contributed by atoms with Gasteiger partial charge in [-0.25, -0.2) is 0 Å². The molecule has 1 atom stereocenters. The topological polar surface area (TPSA) is 52.7 Å². The Kier molecular flexibility index (Phi) is 4.28. The molecule has 0 radical (unpaired) electrons. The van der Waals surface area contributed by atoms with Crippen LogP contribution in [-0.2, 0) is 9.59 Å². The van der Waals surface area contributed by atoms with E-state index in [1.807, 2.05) is 4.90 Å². The zero-order valence-electron chi connectivity index (χ0n) is 10.1. The van der Waals surface area contributed by atoms with Crippen LogP contribution in [0.3, 0.4) is 0 Å². The zero-order chi connectivity index (χ0) is 12.3. The molecule has 2 amide bonds. The van der Waals surface area contributed by atoms with E-state index in [4.69, 9.17) is 0 Å². The number of rotatable bonds is 3. The lowest BCUT2D eigenvalue weighted by molar-refractivity contribution is -0.139. The Balaban J connectivity index is 1.80. The van der Waals surface area contributed by atoms with Crippen molar-refractivity contribution >= 4 is 23.6 Å². The first-order valence-corrected chi connectivity index (χ1v) is 7.18. The molecule has 0 spiro atoms. The first kappa shape index (κ1) is 12.7. The number of carbonyl (C=O) groups is 2. The van der Waals surface area contributed by atoms with Crippen molar-refractivity contribution in [2.24, 2.45) is 0 Å². The van der Waals surface area contributed by atoms with Gasteiger partial charge in [-0.3, -0.25) is 14.9 Å². The minimum absolute atomic E-state index is 0.0301. The van der Waals surface area contributed by atoms with Gasteiger partial charge in [-0.2, -0.15) is 0 Å². The molecule has 5 nitrogen and oxygen atoms in total. The van der Waals surface area contributed by atoms with Gasteiger partial charge in [0.25, 0.3) is 0 Å². The third-order valence-corrected chi connectivity index (χ3v) is 4.16. The number of carbonyl (C=O) groups excluding carboxylic acids is 2. The van der Waals surface area contributed by atoms with Crippen LogP contribution in [0.25, 0.3) is 0 Å². The Hall–Kier alpha value is -0.750. The Morgan fingerprint density at radius 3 is 2.71 bits per heavy atom. The van der Waals surface area contributed by atoms with Crippen LogP contribution < -0.4 is 5.32 Å². The fourth-order valence-corrected chi connectivity index (χ4v) is 3.10. The van der Waals surface area contributed by atoms with E-state index in [0.29, 0.717) is 0 Å². The van der Waals surface area contributed by atoms with Crippen LogP contribution in [0.15, 0.2) is 0 Å². The summed E-state index contributed by atoms with van der Waals surface area (Å²) in [4.78, 5) is 27.3. The maximum absolute atomic E-state index is 12.0. The second-order valence-electron chi connectivity index (χ2n) is 4.55. The van der Waals surface area contributed by atoms with Gasteiger partial charge in [0.1, 0.15) is 0 Å². The molecule has 0 bridgehead atoms. The Morgan fingerprint density at radius 2 is 2.12 bits per heavy atom. The van der Waals surface area contributed by atoms with E-state index in [9.17, 15) is 9.59 Å². The van der Waals surface area contributed by atoms with Crippen LogP contribution in [0.4, 0.5) is 0 Å². The SMILES string of the molecule is CN(CC(=O)N1CCCC1)C(=O)C1CSCN1. The molecule has 2 heterocycles. The molecule has 0 saturated carbocycles. The quantitative estimate of drug-likeness (QED) is 0.756. The van der Waals surface area contributed by atoms with E-state index in [2.05, 4.69) is 5.32 Å². The van der Waals surface area contributed by atoms with Gasteiger partial charge in [0.2, 0.25) is 11.8 Å². The van der Waals surface area contributed by atoms with Crippen molar-refractivity contribution in [1.29, 1.82) is 0 Å². The summed E-state index contributed by atoms with van der Waals surface area (Å²) < 4.78 is 0. The summed E-state index contributed by atoms with van der Waals surface area (Å²) in [6, 6.07) is -0.114. The van der Waals surface area contributed by atoms with Gasteiger partial charge in [-0.05, 0) is 12.8 Å². The molecule has 0 aliphatic carbocycles. The minimum Gasteiger partial charge on any atom is -0.341 e. The largest absolute Gasteiger partial charge is 0.341 e. The first-order chi connectivity index (χ1) is 8.18. The van der Waals surface area contributed by atoms with Crippen molar-refractivity contribution in [3.05, 3.63) is 0 Å². The van der Waals surface area contributed by atoms with Crippen LogP contribution >= 0.6 is 11.8 Å². The Morgan fingerprint density at radius 1 is 1.41 bits per heavy atom. The summed E-state index contributed by atoms with van der Waals surface area (Å²) in [6.07, 6.45) is 2.18. The molecule has 0 aromatic rings. The highest BCUT2D eigenvalue weighted by Gasteiger charge is 2.27. The first-order valence-electron chi connectivity index (χ1n) is 6.02. The normalized spacial score (nSPS) is 24.1.